The van der Waals surface area contributed by atoms with Crippen molar-refractivity contribution in [2.24, 2.45) is 5.92 Å². The van der Waals surface area contributed by atoms with Crippen molar-refractivity contribution in [3.8, 4) is 0 Å². The Morgan fingerprint density at radius 2 is 2.17 bits per heavy atom. The fraction of sp³-hybridized carbons (Fsp3) is 0.533. The lowest BCUT2D eigenvalue weighted by atomic mass is 9.94. The summed E-state index contributed by atoms with van der Waals surface area (Å²) in [7, 11) is 0. The van der Waals surface area contributed by atoms with Crippen molar-refractivity contribution < 1.29 is 4.79 Å². The maximum Gasteiger partial charge on any atom is 0.237 e. The molecule has 1 aromatic carbocycles. The van der Waals surface area contributed by atoms with Crippen LogP contribution < -0.4 is 10.6 Å². The zero-order valence-electron chi connectivity index (χ0n) is 11.0. The minimum Gasteiger partial charge on any atom is -0.354 e. The fourth-order valence-corrected chi connectivity index (χ4v) is 2.41. The van der Waals surface area contributed by atoms with Crippen molar-refractivity contribution in [1.82, 2.24) is 10.6 Å². The van der Waals surface area contributed by atoms with Crippen LogP contribution in [0.4, 0.5) is 0 Å². The SMILES string of the molecule is CC1CCNC(C(=O)NCCc2ccccc2)C1. The Hall–Kier alpha value is -1.35. The standard InChI is InChI=1S/C15H22N2O/c1-12-7-9-16-14(11-12)15(18)17-10-8-13-5-3-2-4-6-13/h2-6,12,14,16H,7-11H2,1H3,(H,17,18). The zero-order chi connectivity index (χ0) is 12.8. The van der Waals surface area contributed by atoms with E-state index in [2.05, 4.69) is 29.7 Å². The molecule has 18 heavy (non-hydrogen) atoms. The van der Waals surface area contributed by atoms with Crippen LogP contribution in [-0.4, -0.2) is 25.0 Å². The van der Waals surface area contributed by atoms with Gasteiger partial charge in [0.1, 0.15) is 0 Å². The van der Waals surface area contributed by atoms with Crippen molar-refractivity contribution in [1.29, 1.82) is 0 Å². The summed E-state index contributed by atoms with van der Waals surface area (Å²) in [5, 5.41) is 6.31. The Morgan fingerprint density at radius 3 is 2.89 bits per heavy atom. The van der Waals surface area contributed by atoms with Gasteiger partial charge < -0.3 is 10.6 Å². The Morgan fingerprint density at radius 1 is 1.39 bits per heavy atom. The van der Waals surface area contributed by atoms with Gasteiger partial charge in [-0.1, -0.05) is 37.3 Å². The molecule has 1 fully saturated rings. The minimum atomic E-state index is 0.00419. The molecule has 0 saturated carbocycles. The Bertz CT molecular complexity index is 377. The molecule has 98 valence electrons. The van der Waals surface area contributed by atoms with Crippen LogP contribution in [0.15, 0.2) is 30.3 Å². The molecule has 2 rings (SSSR count). The molecule has 1 saturated heterocycles. The largest absolute Gasteiger partial charge is 0.354 e. The molecule has 1 aromatic rings. The highest BCUT2D eigenvalue weighted by molar-refractivity contribution is 5.81. The van der Waals surface area contributed by atoms with Gasteiger partial charge in [-0.2, -0.15) is 0 Å². The number of benzene rings is 1. The van der Waals surface area contributed by atoms with Crippen molar-refractivity contribution >= 4 is 5.91 Å². The lowest BCUT2D eigenvalue weighted by molar-refractivity contribution is -0.123. The first-order chi connectivity index (χ1) is 8.75. The second-order valence-corrected chi connectivity index (χ2v) is 5.16. The normalized spacial score (nSPS) is 23.6. The van der Waals surface area contributed by atoms with E-state index in [-0.39, 0.29) is 11.9 Å². The molecule has 0 aromatic heterocycles. The predicted molar refractivity (Wildman–Crippen MR) is 73.3 cm³/mol. The maximum atomic E-state index is 12.0. The van der Waals surface area contributed by atoms with E-state index in [0.717, 1.165) is 25.9 Å². The van der Waals surface area contributed by atoms with Crippen LogP contribution in [0.5, 0.6) is 0 Å². The minimum absolute atomic E-state index is 0.00419. The van der Waals surface area contributed by atoms with Crippen LogP contribution in [0.1, 0.15) is 25.3 Å². The summed E-state index contributed by atoms with van der Waals surface area (Å²) in [6.07, 6.45) is 3.03. The molecular formula is C15H22N2O. The summed E-state index contributed by atoms with van der Waals surface area (Å²) in [6, 6.07) is 10.3. The van der Waals surface area contributed by atoms with E-state index < -0.39 is 0 Å². The van der Waals surface area contributed by atoms with Crippen molar-refractivity contribution in [3.63, 3.8) is 0 Å². The molecule has 0 radical (unpaired) electrons. The fourth-order valence-electron chi connectivity index (χ4n) is 2.41. The van der Waals surface area contributed by atoms with Crippen LogP contribution in [0.25, 0.3) is 0 Å². The monoisotopic (exact) mass is 246 g/mol. The van der Waals surface area contributed by atoms with Crippen LogP contribution in [0.2, 0.25) is 0 Å². The van der Waals surface area contributed by atoms with Gasteiger partial charge in [0.25, 0.3) is 0 Å². The first kappa shape index (κ1) is 13.1. The van der Waals surface area contributed by atoms with Gasteiger partial charge in [-0.25, -0.2) is 0 Å². The molecule has 1 aliphatic heterocycles. The molecule has 0 aliphatic carbocycles. The number of amides is 1. The van der Waals surface area contributed by atoms with Crippen molar-refractivity contribution in [3.05, 3.63) is 35.9 Å². The third kappa shape index (κ3) is 3.84. The van der Waals surface area contributed by atoms with E-state index in [4.69, 9.17) is 0 Å². The average Bonchev–Trinajstić information content (AvgIpc) is 2.40. The predicted octanol–water partition coefficient (Wildman–Crippen LogP) is 1.73. The van der Waals surface area contributed by atoms with Crippen molar-refractivity contribution in [2.45, 2.75) is 32.2 Å². The van der Waals surface area contributed by atoms with E-state index >= 15 is 0 Å². The third-order valence-electron chi connectivity index (χ3n) is 3.54. The number of carbonyl (C=O) groups is 1. The van der Waals surface area contributed by atoms with Crippen LogP contribution in [-0.2, 0) is 11.2 Å². The molecule has 2 atom stereocenters. The molecule has 1 amide bonds. The first-order valence-corrected chi connectivity index (χ1v) is 6.80. The lowest BCUT2D eigenvalue weighted by Gasteiger charge is -2.27. The summed E-state index contributed by atoms with van der Waals surface area (Å²) in [4.78, 5) is 12.0. The zero-order valence-corrected chi connectivity index (χ0v) is 11.0. The Labute approximate surface area is 109 Å². The maximum absolute atomic E-state index is 12.0. The highest BCUT2D eigenvalue weighted by Gasteiger charge is 2.23. The average molecular weight is 246 g/mol. The van der Waals surface area contributed by atoms with Crippen LogP contribution in [0, 0.1) is 5.92 Å². The summed E-state index contributed by atoms with van der Waals surface area (Å²) >= 11 is 0. The number of rotatable bonds is 4. The smallest absolute Gasteiger partial charge is 0.237 e. The van der Waals surface area contributed by atoms with E-state index in [1.165, 1.54) is 12.0 Å². The van der Waals surface area contributed by atoms with Gasteiger partial charge >= 0.3 is 0 Å². The number of piperidine rings is 1. The van der Waals surface area contributed by atoms with E-state index in [1.54, 1.807) is 0 Å². The molecule has 1 aliphatic rings. The Balaban J connectivity index is 1.71. The second kappa shape index (κ2) is 6.55. The lowest BCUT2D eigenvalue weighted by Crippen LogP contribution is -2.48. The molecule has 0 spiro atoms. The highest BCUT2D eigenvalue weighted by Crippen LogP contribution is 2.14. The quantitative estimate of drug-likeness (QED) is 0.849. The molecule has 0 bridgehead atoms. The Kier molecular flexibility index (Phi) is 4.76. The summed E-state index contributed by atoms with van der Waals surface area (Å²) in [5.74, 6) is 0.800. The number of hydrogen-bond acceptors (Lipinski definition) is 2. The third-order valence-corrected chi connectivity index (χ3v) is 3.54. The van der Waals surface area contributed by atoms with Gasteiger partial charge in [-0.3, -0.25) is 4.79 Å². The summed E-state index contributed by atoms with van der Waals surface area (Å²) in [5.41, 5.74) is 1.27. The second-order valence-electron chi connectivity index (χ2n) is 5.16. The van der Waals surface area contributed by atoms with E-state index in [9.17, 15) is 4.79 Å². The topological polar surface area (TPSA) is 41.1 Å². The van der Waals surface area contributed by atoms with Gasteiger partial charge in [0, 0.05) is 6.54 Å². The highest BCUT2D eigenvalue weighted by atomic mass is 16.2. The molecule has 3 nitrogen and oxygen atoms in total. The van der Waals surface area contributed by atoms with Gasteiger partial charge in [0.05, 0.1) is 6.04 Å². The molecule has 3 heteroatoms. The first-order valence-electron chi connectivity index (χ1n) is 6.80. The van der Waals surface area contributed by atoms with Crippen LogP contribution in [0.3, 0.4) is 0 Å². The number of nitrogens with one attached hydrogen (secondary N) is 2. The van der Waals surface area contributed by atoms with Crippen molar-refractivity contribution in [2.75, 3.05) is 13.1 Å². The molecule has 2 N–H and O–H groups in total. The van der Waals surface area contributed by atoms with Gasteiger partial charge in [-0.15, -0.1) is 0 Å². The van der Waals surface area contributed by atoms with Gasteiger partial charge in [0.15, 0.2) is 0 Å². The van der Waals surface area contributed by atoms with E-state index in [0.29, 0.717) is 5.92 Å². The number of hydrogen-bond donors (Lipinski definition) is 2. The summed E-state index contributed by atoms with van der Waals surface area (Å²) in [6.45, 7) is 3.89. The molecule has 2 unspecified atom stereocenters. The van der Waals surface area contributed by atoms with Gasteiger partial charge in [0.2, 0.25) is 5.91 Å². The molecule has 1 heterocycles. The number of carbonyl (C=O) groups excluding carboxylic acids is 1. The van der Waals surface area contributed by atoms with Crippen LogP contribution >= 0.6 is 0 Å². The van der Waals surface area contributed by atoms with Gasteiger partial charge in [-0.05, 0) is 37.3 Å². The summed E-state index contributed by atoms with van der Waals surface area (Å²) < 4.78 is 0. The van der Waals surface area contributed by atoms with E-state index in [1.807, 2.05) is 18.2 Å². The molecular weight excluding hydrogens is 224 g/mol.